The molecule has 2 rings (SSSR count). The molecule has 0 saturated carbocycles. The minimum Gasteiger partial charge on any atom is -0.346 e. The van der Waals surface area contributed by atoms with E-state index >= 15 is 0 Å². The van der Waals surface area contributed by atoms with Crippen molar-refractivity contribution >= 4 is 22.8 Å². The van der Waals surface area contributed by atoms with Gasteiger partial charge in [-0.3, -0.25) is 0 Å². The molecule has 0 N–H and O–H groups in total. The molecular weight excluding hydrogens is 174 g/mol. The molecule has 1 aliphatic rings. The topological polar surface area (TPSA) is 46.1 Å². The maximum absolute atomic E-state index is 10.2. The predicted molar refractivity (Wildman–Crippen MR) is 46.3 cm³/mol. The van der Waals surface area contributed by atoms with Crippen molar-refractivity contribution in [3.05, 3.63) is 5.51 Å². The number of rotatable bonds is 3. The van der Waals surface area contributed by atoms with Crippen LogP contribution in [0.25, 0.3) is 0 Å². The van der Waals surface area contributed by atoms with Crippen molar-refractivity contribution in [1.82, 2.24) is 10.2 Å². The van der Waals surface area contributed by atoms with Gasteiger partial charge in [0.2, 0.25) is 5.13 Å². The molecule has 12 heavy (non-hydrogen) atoms. The van der Waals surface area contributed by atoms with Gasteiger partial charge >= 0.3 is 0 Å². The van der Waals surface area contributed by atoms with Crippen molar-refractivity contribution in [1.29, 1.82) is 0 Å². The zero-order valence-corrected chi connectivity index (χ0v) is 7.33. The molecule has 1 aromatic rings. The zero-order chi connectivity index (χ0) is 8.39. The lowest BCUT2D eigenvalue weighted by Gasteiger charge is -2.37. The molecular formula is C7H9N3OS. The van der Waals surface area contributed by atoms with Gasteiger partial charge in [0.1, 0.15) is 11.8 Å². The molecule has 1 aromatic heterocycles. The molecule has 64 valence electrons. The summed E-state index contributed by atoms with van der Waals surface area (Å²) in [7, 11) is 0. The summed E-state index contributed by atoms with van der Waals surface area (Å²) in [6, 6.07) is 0. The highest BCUT2D eigenvalue weighted by Crippen LogP contribution is 2.26. The molecule has 1 aliphatic heterocycles. The quantitative estimate of drug-likeness (QED) is 0.642. The van der Waals surface area contributed by atoms with Gasteiger partial charge in [0, 0.05) is 25.4 Å². The minimum absolute atomic E-state index is 0.534. The molecule has 0 atom stereocenters. The standard InChI is InChI=1S/C7H9N3OS/c11-2-1-6-3-10(4-6)7-9-8-5-12-7/h2,5-6H,1,3-4H2. The van der Waals surface area contributed by atoms with E-state index in [1.807, 2.05) is 0 Å². The summed E-state index contributed by atoms with van der Waals surface area (Å²) >= 11 is 1.54. The van der Waals surface area contributed by atoms with Gasteiger partial charge in [0.05, 0.1) is 0 Å². The average Bonchev–Trinajstić information content (AvgIpc) is 2.47. The largest absolute Gasteiger partial charge is 0.346 e. The van der Waals surface area contributed by atoms with Crippen molar-refractivity contribution in [3.8, 4) is 0 Å². The van der Waals surface area contributed by atoms with Gasteiger partial charge in [-0.2, -0.15) is 0 Å². The number of hydrogen-bond donors (Lipinski definition) is 0. The van der Waals surface area contributed by atoms with Gasteiger partial charge in [-0.15, -0.1) is 10.2 Å². The molecule has 0 aliphatic carbocycles. The van der Waals surface area contributed by atoms with Crippen LogP contribution in [0.4, 0.5) is 5.13 Å². The maximum Gasteiger partial charge on any atom is 0.208 e. The normalized spacial score (nSPS) is 17.5. The first kappa shape index (κ1) is 7.67. The third kappa shape index (κ3) is 1.32. The first-order valence-electron chi connectivity index (χ1n) is 3.85. The van der Waals surface area contributed by atoms with Crippen LogP contribution < -0.4 is 4.90 Å². The molecule has 0 unspecified atom stereocenters. The zero-order valence-electron chi connectivity index (χ0n) is 6.51. The lowest BCUT2D eigenvalue weighted by atomic mass is 9.98. The number of carbonyl (C=O) groups is 1. The third-order valence-corrected chi connectivity index (χ3v) is 2.76. The fourth-order valence-electron chi connectivity index (χ4n) is 1.32. The number of hydrogen-bond acceptors (Lipinski definition) is 5. The van der Waals surface area contributed by atoms with Crippen LogP contribution >= 0.6 is 11.3 Å². The average molecular weight is 183 g/mol. The monoisotopic (exact) mass is 183 g/mol. The molecule has 0 amide bonds. The van der Waals surface area contributed by atoms with Gasteiger partial charge in [-0.1, -0.05) is 11.3 Å². The van der Waals surface area contributed by atoms with Crippen molar-refractivity contribution in [3.63, 3.8) is 0 Å². The number of nitrogens with zero attached hydrogens (tertiary/aromatic N) is 3. The van der Waals surface area contributed by atoms with E-state index in [9.17, 15) is 4.79 Å². The predicted octanol–water partition coefficient (Wildman–Crippen LogP) is 0.563. The Kier molecular flexibility index (Phi) is 2.03. The van der Waals surface area contributed by atoms with E-state index in [0.29, 0.717) is 12.3 Å². The summed E-state index contributed by atoms with van der Waals surface area (Å²) in [5.74, 6) is 0.534. The van der Waals surface area contributed by atoms with Crippen LogP contribution in [-0.2, 0) is 4.79 Å². The summed E-state index contributed by atoms with van der Waals surface area (Å²) in [5, 5.41) is 8.66. The van der Waals surface area contributed by atoms with Crippen molar-refractivity contribution in [2.75, 3.05) is 18.0 Å². The Balaban J connectivity index is 1.86. The Morgan fingerprint density at radius 3 is 3.17 bits per heavy atom. The molecule has 1 saturated heterocycles. The SMILES string of the molecule is O=CCC1CN(c2nncs2)C1. The maximum atomic E-state index is 10.2. The smallest absolute Gasteiger partial charge is 0.208 e. The molecule has 5 heteroatoms. The van der Waals surface area contributed by atoms with E-state index in [2.05, 4.69) is 15.1 Å². The van der Waals surface area contributed by atoms with Crippen LogP contribution in [0.1, 0.15) is 6.42 Å². The number of aromatic nitrogens is 2. The van der Waals surface area contributed by atoms with Gasteiger partial charge in [-0.25, -0.2) is 0 Å². The summed E-state index contributed by atoms with van der Waals surface area (Å²) in [6.07, 6.45) is 1.66. The van der Waals surface area contributed by atoms with Gasteiger partial charge in [0.15, 0.2) is 0 Å². The highest BCUT2D eigenvalue weighted by molar-refractivity contribution is 7.13. The number of anilines is 1. The Morgan fingerprint density at radius 2 is 2.58 bits per heavy atom. The molecule has 0 radical (unpaired) electrons. The number of carbonyl (C=O) groups excluding carboxylic acids is 1. The van der Waals surface area contributed by atoms with Crippen LogP contribution in [0, 0.1) is 5.92 Å². The Hall–Kier alpha value is -0.970. The van der Waals surface area contributed by atoms with Crippen molar-refractivity contribution in [2.24, 2.45) is 5.92 Å². The summed E-state index contributed by atoms with van der Waals surface area (Å²) in [4.78, 5) is 12.3. The second kappa shape index (κ2) is 3.18. The van der Waals surface area contributed by atoms with E-state index in [1.165, 1.54) is 0 Å². The summed E-state index contributed by atoms with van der Waals surface area (Å²) in [6.45, 7) is 1.90. The molecule has 0 bridgehead atoms. The van der Waals surface area contributed by atoms with Crippen LogP contribution in [0.3, 0.4) is 0 Å². The van der Waals surface area contributed by atoms with E-state index in [-0.39, 0.29) is 0 Å². The first-order chi connectivity index (χ1) is 5.90. The molecule has 1 fully saturated rings. The van der Waals surface area contributed by atoms with Crippen LogP contribution in [-0.4, -0.2) is 29.6 Å². The molecule has 0 aromatic carbocycles. The summed E-state index contributed by atoms with van der Waals surface area (Å²) in [5.41, 5.74) is 1.72. The van der Waals surface area contributed by atoms with Crippen molar-refractivity contribution < 1.29 is 4.79 Å². The molecule has 0 spiro atoms. The van der Waals surface area contributed by atoms with Crippen LogP contribution in [0.15, 0.2) is 5.51 Å². The van der Waals surface area contributed by atoms with E-state index in [1.54, 1.807) is 16.8 Å². The second-order valence-corrected chi connectivity index (χ2v) is 3.71. The van der Waals surface area contributed by atoms with Crippen LogP contribution in [0.2, 0.25) is 0 Å². The fraction of sp³-hybridized carbons (Fsp3) is 0.571. The van der Waals surface area contributed by atoms with E-state index in [0.717, 1.165) is 24.5 Å². The second-order valence-electron chi connectivity index (χ2n) is 2.89. The van der Waals surface area contributed by atoms with E-state index in [4.69, 9.17) is 0 Å². The first-order valence-corrected chi connectivity index (χ1v) is 4.73. The van der Waals surface area contributed by atoms with Gasteiger partial charge in [0.25, 0.3) is 0 Å². The Bertz CT molecular complexity index is 256. The molecule has 2 heterocycles. The molecule has 4 nitrogen and oxygen atoms in total. The lowest BCUT2D eigenvalue weighted by Crippen LogP contribution is -2.46. The Morgan fingerprint density at radius 1 is 1.75 bits per heavy atom. The van der Waals surface area contributed by atoms with Crippen molar-refractivity contribution in [2.45, 2.75) is 6.42 Å². The highest BCUT2D eigenvalue weighted by Gasteiger charge is 2.27. The van der Waals surface area contributed by atoms with Gasteiger partial charge in [-0.05, 0) is 0 Å². The lowest BCUT2D eigenvalue weighted by molar-refractivity contribution is -0.108. The fourth-order valence-corrected chi connectivity index (χ4v) is 1.90. The summed E-state index contributed by atoms with van der Waals surface area (Å²) < 4.78 is 0. The van der Waals surface area contributed by atoms with E-state index < -0.39 is 0 Å². The number of aldehydes is 1. The van der Waals surface area contributed by atoms with Crippen LogP contribution in [0.5, 0.6) is 0 Å². The minimum atomic E-state index is 0.534. The third-order valence-electron chi connectivity index (χ3n) is 2.01. The Labute approximate surface area is 74.2 Å². The highest BCUT2D eigenvalue weighted by atomic mass is 32.1. The van der Waals surface area contributed by atoms with Gasteiger partial charge < -0.3 is 9.69 Å².